The van der Waals surface area contributed by atoms with Crippen molar-refractivity contribution in [3.05, 3.63) is 41.5 Å². The predicted octanol–water partition coefficient (Wildman–Crippen LogP) is 5.49. The largest absolute Gasteiger partial charge is 0.412 e. The Morgan fingerprint density at radius 2 is 1.83 bits per heavy atom. The molecule has 1 unspecified atom stereocenters. The molecule has 5 atom stereocenters. The van der Waals surface area contributed by atoms with E-state index in [1.807, 2.05) is 11.0 Å². The van der Waals surface area contributed by atoms with E-state index in [-0.39, 0.29) is 29.9 Å². The molecule has 1 aromatic carbocycles. The maximum Gasteiger partial charge on any atom is 0.224 e. The van der Waals surface area contributed by atoms with E-state index in [1.165, 1.54) is 11.1 Å². The second kappa shape index (κ2) is 9.37. The van der Waals surface area contributed by atoms with Crippen molar-refractivity contribution < 1.29 is 14.3 Å². The molecule has 6 heteroatoms. The highest BCUT2D eigenvalue weighted by atomic mass is 28.4. The van der Waals surface area contributed by atoms with Crippen LogP contribution in [-0.4, -0.2) is 62.6 Å². The van der Waals surface area contributed by atoms with Crippen LogP contribution < -0.4 is 4.90 Å². The van der Waals surface area contributed by atoms with Crippen LogP contribution in [0.5, 0.6) is 0 Å². The Morgan fingerprint density at radius 3 is 2.44 bits per heavy atom. The third-order valence-corrected chi connectivity index (χ3v) is 16.6. The van der Waals surface area contributed by atoms with Crippen molar-refractivity contribution in [2.24, 2.45) is 11.8 Å². The molecule has 2 saturated heterocycles. The quantitative estimate of drug-likeness (QED) is 0.389. The topological polar surface area (TPSA) is 53.0 Å². The number of carbonyl (C=O) groups is 1. The summed E-state index contributed by atoms with van der Waals surface area (Å²) >= 11 is 0. The molecule has 1 N–H and O–H groups in total. The highest BCUT2D eigenvalue weighted by Crippen LogP contribution is 2.63. The van der Waals surface area contributed by atoms with Crippen LogP contribution in [0.15, 0.2) is 35.9 Å². The highest BCUT2D eigenvalue weighted by molar-refractivity contribution is 6.77. The predicted molar refractivity (Wildman–Crippen MR) is 149 cm³/mol. The summed E-state index contributed by atoms with van der Waals surface area (Å²) in [4.78, 5) is 17.8. The van der Waals surface area contributed by atoms with Crippen LogP contribution >= 0.6 is 0 Å². The number of amides is 1. The van der Waals surface area contributed by atoms with Gasteiger partial charge in [-0.2, -0.15) is 0 Å². The van der Waals surface area contributed by atoms with Crippen LogP contribution in [0.3, 0.4) is 0 Å². The summed E-state index contributed by atoms with van der Waals surface area (Å²) in [7, 11) is -1.94. The lowest BCUT2D eigenvalue weighted by molar-refractivity contribution is -0.118. The average Bonchev–Trinajstić information content (AvgIpc) is 3.36. The summed E-state index contributed by atoms with van der Waals surface area (Å²) in [5.74, 6) is 0.434. The average molecular weight is 511 g/mol. The van der Waals surface area contributed by atoms with Gasteiger partial charge in [0.05, 0.1) is 12.6 Å². The molecule has 1 aliphatic carbocycles. The molecule has 4 aliphatic rings. The van der Waals surface area contributed by atoms with Gasteiger partial charge in [0.15, 0.2) is 0 Å². The molecular formula is C30H46N2O3Si. The van der Waals surface area contributed by atoms with E-state index in [0.29, 0.717) is 35.2 Å². The number of carbonyl (C=O) groups excluding carboxylic acids is 1. The molecule has 3 fully saturated rings. The molecule has 0 aromatic heterocycles. The normalized spacial score (nSPS) is 32.6. The molecule has 5 nitrogen and oxygen atoms in total. The smallest absolute Gasteiger partial charge is 0.224 e. The van der Waals surface area contributed by atoms with E-state index in [1.54, 1.807) is 6.92 Å². The molecule has 5 rings (SSSR count). The molecule has 0 radical (unpaired) electrons. The third-order valence-electron chi connectivity index (χ3n) is 10.5. The number of aliphatic hydroxyl groups excluding tert-OH is 1. The molecule has 2 bridgehead atoms. The van der Waals surface area contributed by atoms with Gasteiger partial charge in [0.25, 0.3) is 0 Å². The Kier molecular flexibility index (Phi) is 6.81. The number of piperidine rings is 1. The monoisotopic (exact) mass is 510 g/mol. The van der Waals surface area contributed by atoms with Crippen LogP contribution in [0.1, 0.15) is 66.9 Å². The number of benzene rings is 1. The number of nitrogens with zero attached hydrogens (tertiary/aromatic N) is 2. The highest BCUT2D eigenvalue weighted by Gasteiger charge is 2.67. The number of aliphatic hydroxyl groups is 1. The van der Waals surface area contributed by atoms with Gasteiger partial charge in [-0.3, -0.25) is 9.69 Å². The van der Waals surface area contributed by atoms with E-state index < -0.39 is 8.32 Å². The van der Waals surface area contributed by atoms with E-state index in [2.05, 4.69) is 70.7 Å². The van der Waals surface area contributed by atoms with E-state index >= 15 is 0 Å². The van der Waals surface area contributed by atoms with Gasteiger partial charge in [-0.1, -0.05) is 71.4 Å². The zero-order chi connectivity index (χ0) is 26.0. The van der Waals surface area contributed by atoms with Crippen molar-refractivity contribution in [2.45, 2.75) is 95.4 Å². The molecule has 1 saturated carbocycles. The number of anilines is 1. The molecule has 1 spiro atoms. The molecule has 3 heterocycles. The number of hydrogen-bond donors (Lipinski definition) is 1. The number of hydrogen-bond acceptors (Lipinski definition) is 4. The standard InChI is InChI=1S/C30H46N2O3Si/c1-19(2)36(20(3)4,21(5)6)35-15-12-23-17-31-14-13-30-26-10-8-9-11-27(26)32(22(7)34)29(30)25(18-33)24(23)16-28(30)31/h8-12,19-21,24-25,28-29,33H,13-18H2,1-7H3/b23-12+/t24-,25-,28-,29-,30?/m0/s1. The molecule has 1 aromatic rings. The zero-order valence-electron chi connectivity index (χ0n) is 23.3. The Labute approximate surface area is 219 Å². The van der Waals surface area contributed by atoms with Crippen molar-refractivity contribution in [3.63, 3.8) is 0 Å². The minimum atomic E-state index is -1.94. The lowest BCUT2D eigenvalue weighted by Gasteiger charge is -2.56. The maximum absolute atomic E-state index is 13.1. The molecule has 1 amide bonds. The van der Waals surface area contributed by atoms with Crippen LogP contribution in [0.4, 0.5) is 5.69 Å². The third kappa shape index (κ3) is 3.47. The van der Waals surface area contributed by atoms with Gasteiger partial charge in [0.2, 0.25) is 14.2 Å². The van der Waals surface area contributed by atoms with Gasteiger partial charge < -0.3 is 14.4 Å². The van der Waals surface area contributed by atoms with Gasteiger partial charge in [0.1, 0.15) is 0 Å². The van der Waals surface area contributed by atoms with E-state index in [4.69, 9.17) is 4.43 Å². The maximum atomic E-state index is 13.1. The van der Waals surface area contributed by atoms with Crippen molar-refractivity contribution in [1.82, 2.24) is 4.90 Å². The Bertz CT molecular complexity index is 1020. The lowest BCUT2D eigenvalue weighted by Crippen LogP contribution is -2.65. The number of para-hydroxylation sites is 1. The fourth-order valence-electron chi connectivity index (χ4n) is 9.39. The minimum absolute atomic E-state index is 0.0197. The van der Waals surface area contributed by atoms with Gasteiger partial charge in [-0.15, -0.1) is 0 Å². The SMILES string of the molecule is CC(=O)N1c2ccccc2C23CCN4C/C(=C\CO[Si](C(C)C)(C(C)C)C(C)C)[C@H](C[C@H]42)[C@H](CO)[C@H]13. The van der Waals surface area contributed by atoms with E-state index in [0.717, 1.165) is 31.6 Å². The van der Waals surface area contributed by atoms with Gasteiger partial charge >= 0.3 is 0 Å². The summed E-state index contributed by atoms with van der Waals surface area (Å²) in [6.07, 6.45) is 4.49. The van der Waals surface area contributed by atoms with E-state index in [9.17, 15) is 9.90 Å². The Morgan fingerprint density at radius 1 is 1.17 bits per heavy atom. The summed E-state index contributed by atoms with van der Waals surface area (Å²) in [6, 6.07) is 8.98. The fourth-order valence-corrected chi connectivity index (χ4v) is 14.8. The van der Waals surface area contributed by atoms with Gasteiger partial charge in [0, 0.05) is 43.1 Å². The molecule has 198 valence electrons. The first-order valence-electron chi connectivity index (χ1n) is 14.2. The van der Waals surface area contributed by atoms with Gasteiger partial charge in [-0.25, -0.2) is 0 Å². The first kappa shape index (κ1) is 26.1. The fraction of sp³-hybridized carbons (Fsp3) is 0.700. The van der Waals surface area contributed by atoms with Crippen molar-refractivity contribution in [2.75, 3.05) is 31.2 Å². The lowest BCUT2D eigenvalue weighted by atomic mass is 9.55. The number of rotatable bonds is 7. The minimum Gasteiger partial charge on any atom is -0.412 e. The first-order chi connectivity index (χ1) is 17.1. The van der Waals surface area contributed by atoms with Crippen LogP contribution in [0.25, 0.3) is 0 Å². The Hall–Kier alpha value is -1.47. The second-order valence-electron chi connectivity index (χ2n) is 12.7. The van der Waals surface area contributed by atoms with Crippen LogP contribution in [-0.2, 0) is 14.6 Å². The number of fused-ring (bicyclic) bond motifs is 2. The summed E-state index contributed by atoms with van der Waals surface area (Å²) in [5.41, 5.74) is 5.43. The summed E-state index contributed by atoms with van der Waals surface area (Å²) < 4.78 is 6.91. The molecule has 36 heavy (non-hydrogen) atoms. The zero-order valence-corrected chi connectivity index (χ0v) is 24.3. The summed E-state index contributed by atoms with van der Waals surface area (Å²) in [6.45, 7) is 18.5. The van der Waals surface area contributed by atoms with Crippen LogP contribution in [0, 0.1) is 11.8 Å². The molecular weight excluding hydrogens is 464 g/mol. The second-order valence-corrected chi connectivity index (χ2v) is 18.2. The first-order valence-corrected chi connectivity index (χ1v) is 16.3. The van der Waals surface area contributed by atoms with Crippen molar-refractivity contribution in [3.8, 4) is 0 Å². The van der Waals surface area contributed by atoms with Crippen molar-refractivity contribution in [1.29, 1.82) is 0 Å². The van der Waals surface area contributed by atoms with Crippen molar-refractivity contribution >= 4 is 19.9 Å². The Balaban J connectivity index is 1.50. The summed E-state index contributed by atoms with van der Waals surface area (Å²) in [5, 5.41) is 10.8. The molecule has 3 aliphatic heterocycles. The van der Waals surface area contributed by atoms with Gasteiger partial charge in [-0.05, 0) is 53.6 Å². The van der Waals surface area contributed by atoms with Crippen LogP contribution in [0.2, 0.25) is 16.6 Å².